The van der Waals surface area contributed by atoms with Gasteiger partial charge in [-0.3, -0.25) is 0 Å². The fourth-order valence-electron chi connectivity index (χ4n) is 3.32. The average molecular weight is 431 g/mol. The van der Waals surface area contributed by atoms with Crippen LogP contribution in [0, 0.1) is 6.92 Å². The van der Waals surface area contributed by atoms with Crippen molar-refractivity contribution in [2.45, 2.75) is 44.2 Å². The zero-order valence-corrected chi connectivity index (χ0v) is 19.4. The lowest BCUT2D eigenvalue weighted by Gasteiger charge is -2.32. The molecule has 0 atom stereocenters. The summed E-state index contributed by atoms with van der Waals surface area (Å²) < 4.78 is 0. The maximum Gasteiger partial charge on any atom is 0.0648 e. The van der Waals surface area contributed by atoms with Crippen LogP contribution in [-0.2, 0) is 0 Å². The number of rotatable bonds is 22. The maximum absolute atomic E-state index is 6.15. The number of hydrogen-bond donors (Lipinski definition) is 6. The Balaban J connectivity index is 4.83. The molecule has 0 unspecified atom stereocenters. The molecule has 12 N–H and O–H groups in total. The van der Waals surface area contributed by atoms with Crippen molar-refractivity contribution in [3.8, 4) is 0 Å². The first-order valence-corrected chi connectivity index (χ1v) is 11.8. The smallest absolute Gasteiger partial charge is 0.0648 e. The van der Waals surface area contributed by atoms with Crippen LogP contribution in [-0.4, -0.2) is 105 Å². The fourth-order valence-corrected chi connectivity index (χ4v) is 3.32. The first kappa shape index (κ1) is 29.6. The molecular weight excluding hydrogens is 378 g/mol. The predicted octanol–water partition coefficient (Wildman–Crippen LogP) is -1.48. The summed E-state index contributed by atoms with van der Waals surface area (Å²) in [5.74, 6) is 0. The van der Waals surface area contributed by atoms with Crippen molar-refractivity contribution in [2.75, 3.05) is 85.1 Å². The molecule has 0 aliphatic rings. The highest BCUT2D eigenvalue weighted by molar-refractivity contribution is 4.80. The van der Waals surface area contributed by atoms with Gasteiger partial charge in [-0.25, -0.2) is 0 Å². The van der Waals surface area contributed by atoms with Crippen LogP contribution in [0.2, 0.25) is 0 Å². The van der Waals surface area contributed by atoms with Gasteiger partial charge in [-0.1, -0.05) is 6.92 Å². The Morgan fingerprint density at radius 3 is 1.07 bits per heavy atom. The van der Waals surface area contributed by atoms with Gasteiger partial charge in [0.25, 0.3) is 0 Å². The van der Waals surface area contributed by atoms with Crippen LogP contribution < -0.4 is 34.4 Å². The maximum atomic E-state index is 6.15. The molecule has 0 saturated carbocycles. The van der Waals surface area contributed by atoms with Crippen LogP contribution in [0.3, 0.4) is 0 Å². The third-order valence-electron chi connectivity index (χ3n) is 5.54. The van der Waals surface area contributed by atoms with Gasteiger partial charge in [-0.05, 0) is 90.9 Å². The van der Waals surface area contributed by atoms with E-state index in [0.29, 0.717) is 32.6 Å². The molecule has 0 amide bonds. The Kier molecular flexibility index (Phi) is 19.1. The predicted molar refractivity (Wildman–Crippen MR) is 130 cm³/mol. The molecule has 0 aromatic carbocycles. The lowest BCUT2D eigenvalue weighted by molar-refractivity contribution is 0.163. The second-order valence-electron chi connectivity index (χ2n) is 8.33. The molecule has 1 radical (unpaired) electrons. The number of nitrogens with two attached hydrogens (primary N) is 6. The van der Waals surface area contributed by atoms with Crippen molar-refractivity contribution < 1.29 is 0 Å². The van der Waals surface area contributed by atoms with Crippen molar-refractivity contribution in [2.24, 2.45) is 34.4 Å². The molecule has 0 saturated heterocycles. The second kappa shape index (κ2) is 19.3. The van der Waals surface area contributed by atoms with Gasteiger partial charge < -0.3 is 49.1 Å². The van der Waals surface area contributed by atoms with Crippen LogP contribution in [0.5, 0.6) is 0 Å². The Morgan fingerprint density at radius 2 is 0.800 bits per heavy atom. The minimum Gasteiger partial charge on any atom is -0.330 e. The van der Waals surface area contributed by atoms with E-state index in [2.05, 4.69) is 21.6 Å². The van der Waals surface area contributed by atoms with E-state index in [9.17, 15) is 0 Å². The van der Waals surface area contributed by atoms with E-state index in [4.69, 9.17) is 34.4 Å². The Bertz CT molecular complexity index is 328. The first-order chi connectivity index (χ1) is 14.4. The molecule has 0 rings (SSSR count). The molecule has 0 aliphatic carbocycles. The first-order valence-electron chi connectivity index (χ1n) is 11.8. The summed E-state index contributed by atoms with van der Waals surface area (Å²) >= 11 is 0. The molecular formula is C21H52N9. The normalized spacial score (nSPS) is 12.6. The highest BCUT2D eigenvalue weighted by atomic mass is 15.2. The largest absolute Gasteiger partial charge is 0.330 e. The molecule has 0 aliphatic heterocycles. The van der Waals surface area contributed by atoms with Crippen LogP contribution in [0.1, 0.15) is 38.5 Å². The van der Waals surface area contributed by atoms with Gasteiger partial charge in [0.1, 0.15) is 0 Å². The number of hydrogen-bond acceptors (Lipinski definition) is 9. The van der Waals surface area contributed by atoms with Crippen LogP contribution in [0.4, 0.5) is 0 Å². The van der Waals surface area contributed by atoms with Gasteiger partial charge >= 0.3 is 0 Å². The van der Waals surface area contributed by atoms with E-state index in [1.807, 2.05) is 0 Å². The molecule has 9 nitrogen and oxygen atoms in total. The standard InChI is InChI=1S/C21H52N9/c1-2-21(26,27)7-16-30(19-17-28(12-3-8-22)13-4-9-23)20-18-29(14-5-10-24)15-6-11-25/h1-20,22-27H2. The zero-order chi connectivity index (χ0) is 22.7. The van der Waals surface area contributed by atoms with E-state index in [-0.39, 0.29) is 0 Å². The summed E-state index contributed by atoms with van der Waals surface area (Å²) in [6.45, 7) is 15.6. The molecule has 0 aromatic rings. The van der Waals surface area contributed by atoms with Gasteiger partial charge in [-0.15, -0.1) is 0 Å². The summed E-state index contributed by atoms with van der Waals surface area (Å²) in [6.07, 6.45) is 5.28. The SMILES string of the molecule is [CH2]CC(N)(N)CCN(CCN(CCCN)CCCN)CCN(CCCN)CCCN. The summed E-state index contributed by atoms with van der Waals surface area (Å²) in [5, 5.41) is 0. The third kappa shape index (κ3) is 16.3. The molecule has 0 aromatic heterocycles. The van der Waals surface area contributed by atoms with E-state index < -0.39 is 5.66 Å². The van der Waals surface area contributed by atoms with E-state index in [0.717, 1.165) is 91.0 Å². The fraction of sp³-hybridized carbons (Fsp3) is 0.952. The van der Waals surface area contributed by atoms with Crippen molar-refractivity contribution in [3.05, 3.63) is 6.92 Å². The lowest BCUT2D eigenvalue weighted by atomic mass is 10.1. The van der Waals surface area contributed by atoms with Crippen molar-refractivity contribution in [1.29, 1.82) is 0 Å². The van der Waals surface area contributed by atoms with Gasteiger partial charge in [0.2, 0.25) is 0 Å². The van der Waals surface area contributed by atoms with E-state index >= 15 is 0 Å². The Morgan fingerprint density at radius 1 is 0.500 bits per heavy atom. The third-order valence-corrected chi connectivity index (χ3v) is 5.54. The summed E-state index contributed by atoms with van der Waals surface area (Å²) in [6, 6.07) is 0. The van der Waals surface area contributed by atoms with E-state index in [1.165, 1.54) is 0 Å². The van der Waals surface area contributed by atoms with Crippen molar-refractivity contribution in [1.82, 2.24) is 14.7 Å². The lowest BCUT2D eigenvalue weighted by Crippen LogP contribution is -2.51. The molecule has 30 heavy (non-hydrogen) atoms. The van der Waals surface area contributed by atoms with Crippen LogP contribution in [0.15, 0.2) is 0 Å². The summed E-state index contributed by atoms with van der Waals surface area (Å²) in [5.41, 5.74) is 34.4. The minimum absolute atomic E-state index is 0.527. The Hall–Kier alpha value is -0.360. The van der Waals surface area contributed by atoms with Crippen LogP contribution >= 0.6 is 0 Å². The van der Waals surface area contributed by atoms with Gasteiger partial charge in [0.05, 0.1) is 5.66 Å². The second-order valence-corrected chi connectivity index (χ2v) is 8.33. The zero-order valence-electron chi connectivity index (χ0n) is 19.4. The van der Waals surface area contributed by atoms with Crippen molar-refractivity contribution in [3.63, 3.8) is 0 Å². The van der Waals surface area contributed by atoms with Gasteiger partial charge in [-0.2, -0.15) is 0 Å². The summed E-state index contributed by atoms with van der Waals surface area (Å²) in [7, 11) is 0. The molecule has 0 spiro atoms. The topological polar surface area (TPSA) is 166 Å². The van der Waals surface area contributed by atoms with Crippen LogP contribution in [0.25, 0.3) is 0 Å². The number of nitrogens with zero attached hydrogens (tertiary/aromatic N) is 3. The minimum atomic E-state index is -0.712. The monoisotopic (exact) mass is 430 g/mol. The summed E-state index contributed by atoms with van der Waals surface area (Å²) in [4.78, 5) is 7.40. The molecule has 0 bridgehead atoms. The van der Waals surface area contributed by atoms with Gasteiger partial charge in [0.15, 0.2) is 0 Å². The molecule has 0 heterocycles. The highest BCUT2D eigenvalue weighted by Crippen LogP contribution is 2.07. The molecule has 0 fully saturated rings. The van der Waals surface area contributed by atoms with E-state index in [1.54, 1.807) is 0 Å². The molecule has 181 valence electrons. The highest BCUT2D eigenvalue weighted by Gasteiger charge is 2.19. The average Bonchev–Trinajstić information content (AvgIpc) is 2.75. The van der Waals surface area contributed by atoms with Crippen molar-refractivity contribution >= 4 is 0 Å². The Labute approximate surface area is 185 Å². The van der Waals surface area contributed by atoms with Gasteiger partial charge in [0, 0.05) is 32.7 Å². The molecule has 9 heteroatoms. The quantitative estimate of drug-likeness (QED) is 0.112.